The van der Waals surface area contributed by atoms with Crippen LogP contribution in [0.5, 0.6) is 0 Å². The maximum atomic E-state index is 12.9. The Morgan fingerprint density at radius 3 is 2.51 bits per heavy atom. The summed E-state index contributed by atoms with van der Waals surface area (Å²) >= 11 is 0. The molecule has 186 valence electrons. The number of carbonyl (C=O) groups is 1. The van der Waals surface area contributed by atoms with Gasteiger partial charge in [0.1, 0.15) is 6.04 Å². The maximum Gasteiger partial charge on any atom is 0.246 e. The van der Waals surface area contributed by atoms with E-state index >= 15 is 0 Å². The Balaban J connectivity index is 1.21. The van der Waals surface area contributed by atoms with Gasteiger partial charge in [0.2, 0.25) is 11.9 Å². The molecule has 8 heteroatoms. The molecule has 0 saturated carbocycles. The standard InChI is InChI=1S/C29H28N6O2/c36-28(27-25-9-5-4-6-22(25)20-31-27)32-23-12-10-21(11-13-23)26-14-15-30-29(33-26)35(24-7-2-1-3-8-24)34-16-18-37-19-17-34/h1-15,27,31H,16-20H2,(H,32,36). The fourth-order valence-electron chi connectivity index (χ4n) is 4.81. The number of hydrogen-bond donors (Lipinski definition) is 2. The van der Waals surface area contributed by atoms with Crippen molar-refractivity contribution in [3.05, 3.63) is 102 Å². The van der Waals surface area contributed by atoms with Crippen molar-refractivity contribution in [3.8, 4) is 11.3 Å². The Morgan fingerprint density at radius 1 is 0.946 bits per heavy atom. The number of amides is 1. The molecule has 1 aromatic heterocycles. The molecule has 3 heterocycles. The Morgan fingerprint density at radius 2 is 1.70 bits per heavy atom. The summed E-state index contributed by atoms with van der Waals surface area (Å²) in [5, 5.41) is 10.6. The van der Waals surface area contributed by atoms with Crippen LogP contribution in [-0.4, -0.2) is 47.2 Å². The van der Waals surface area contributed by atoms with Crippen molar-refractivity contribution in [1.82, 2.24) is 20.3 Å². The summed E-state index contributed by atoms with van der Waals surface area (Å²) in [5.74, 6) is 0.542. The average Bonchev–Trinajstić information content (AvgIpc) is 3.40. The summed E-state index contributed by atoms with van der Waals surface area (Å²) in [6.07, 6.45) is 1.78. The number of anilines is 3. The van der Waals surface area contributed by atoms with Gasteiger partial charge in [-0.2, -0.15) is 0 Å². The second kappa shape index (κ2) is 10.5. The number of para-hydroxylation sites is 1. The fourth-order valence-corrected chi connectivity index (χ4v) is 4.81. The molecule has 4 aromatic rings. The number of benzene rings is 3. The Labute approximate surface area is 215 Å². The summed E-state index contributed by atoms with van der Waals surface area (Å²) in [6.45, 7) is 3.55. The van der Waals surface area contributed by atoms with Gasteiger partial charge in [-0.15, -0.1) is 0 Å². The van der Waals surface area contributed by atoms with Crippen LogP contribution in [0.2, 0.25) is 0 Å². The summed E-state index contributed by atoms with van der Waals surface area (Å²) < 4.78 is 5.56. The van der Waals surface area contributed by atoms with Gasteiger partial charge < -0.3 is 10.1 Å². The topological polar surface area (TPSA) is 82.6 Å². The first-order valence-electron chi connectivity index (χ1n) is 12.5. The number of nitrogens with zero attached hydrogens (tertiary/aromatic N) is 4. The average molecular weight is 493 g/mol. The highest BCUT2D eigenvalue weighted by Crippen LogP contribution is 2.29. The third-order valence-corrected chi connectivity index (χ3v) is 6.68. The highest BCUT2D eigenvalue weighted by atomic mass is 16.5. The van der Waals surface area contributed by atoms with Crippen LogP contribution in [0, 0.1) is 0 Å². The van der Waals surface area contributed by atoms with Crippen molar-refractivity contribution in [1.29, 1.82) is 0 Å². The van der Waals surface area contributed by atoms with Crippen molar-refractivity contribution >= 4 is 23.2 Å². The predicted octanol–water partition coefficient (Wildman–Crippen LogP) is 4.31. The van der Waals surface area contributed by atoms with E-state index < -0.39 is 0 Å². The van der Waals surface area contributed by atoms with Gasteiger partial charge in [-0.1, -0.05) is 54.6 Å². The molecule has 37 heavy (non-hydrogen) atoms. The van der Waals surface area contributed by atoms with Crippen LogP contribution in [0.15, 0.2) is 91.1 Å². The molecule has 1 fully saturated rings. The number of fused-ring (bicyclic) bond motifs is 1. The molecule has 0 spiro atoms. The van der Waals surface area contributed by atoms with Gasteiger partial charge in [-0.05, 0) is 41.5 Å². The zero-order valence-electron chi connectivity index (χ0n) is 20.4. The molecular weight excluding hydrogens is 464 g/mol. The Bertz CT molecular complexity index is 1370. The smallest absolute Gasteiger partial charge is 0.246 e. The molecule has 1 atom stereocenters. The largest absolute Gasteiger partial charge is 0.379 e. The Hall–Kier alpha value is -4.11. The minimum Gasteiger partial charge on any atom is -0.379 e. The van der Waals surface area contributed by atoms with Crippen molar-refractivity contribution in [2.24, 2.45) is 0 Å². The molecule has 0 aliphatic carbocycles. The van der Waals surface area contributed by atoms with Crippen molar-refractivity contribution in [2.45, 2.75) is 12.6 Å². The lowest BCUT2D eigenvalue weighted by Crippen LogP contribution is -2.47. The monoisotopic (exact) mass is 492 g/mol. The molecule has 2 aliphatic rings. The van der Waals surface area contributed by atoms with E-state index in [0.29, 0.717) is 25.7 Å². The zero-order chi connectivity index (χ0) is 25.0. The quantitative estimate of drug-likeness (QED) is 0.415. The molecule has 1 amide bonds. The lowest BCUT2D eigenvalue weighted by Gasteiger charge is -2.37. The van der Waals surface area contributed by atoms with Crippen molar-refractivity contribution in [3.63, 3.8) is 0 Å². The van der Waals surface area contributed by atoms with Gasteiger partial charge in [0.15, 0.2) is 0 Å². The predicted molar refractivity (Wildman–Crippen MR) is 143 cm³/mol. The van der Waals surface area contributed by atoms with Crippen LogP contribution in [0.3, 0.4) is 0 Å². The second-order valence-corrected chi connectivity index (χ2v) is 9.03. The van der Waals surface area contributed by atoms with Crippen LogP contribution in [0.1, 0.15) is 17.2 Å². The molecule has 2 N–H and O–H groups in total. The number of hydrazine groups is 1. The van der Waals surface area contributed by atoms with Gasteiger partial charge in [-0.3, -0.25) is 10.1 Å². The highest BCUT2D eigenvalue weighted by Gasteiger charge is 2.28. The first-order valence-corrected chi connectivity index (χ1v) is 12.5. The van der Waals surface area contributed by atoms with Crippen LogP contribution >= 0.6 is 0 Å². The number of hydrogen-bond acceptors (Lipinski definition) is 7. The lowest BCUT2D eigenvalue weighted by atomic mass is 10.0. The lowest BCUT2D eigenvalue weighted by molar-refractivity contribution is -0.118. The van der Waals surface area contributed by atoms with Gasteiger partial charge >= 0.3 is 0 Å². The number of aromatic nitrogens is 2. The fraction of sp³-hybridized carbons (Fsp3) is 0.207. The Kier molecular flexibility index (Phi) is 6.60. The first kappa shape index (κ1) is 23.3. The van der Waals surface area contributed by atoms with E-state index in [-0.39, 0.29) is 11.9 Å². The van der Waals surface area contributed by atoms with Gasteiger partial charge in [0, 0.05) is 37.1 Å². The second-order valence-electron chi connectivity index (χ2n) is 9.03. The number of rotatable bonds is 6. The SMILES string of the molecule is O=C(Nc1ccc(-c2ccnc(N(c3ccccc3)N3CCOCC3)n2)cc1)C1NCc2ccccc21. The van der Waals surface area contributed by atoms with Crippen LogP contribution in [0.4, 0.5) is 17.3 Å². The van der Waals surface area contributed by atoms with Crippen LogP contribution < -0.4 is 15.6 Å². The van der Waals surface area contributed by atoms with E-state index in [1.165, 1.54) is 5.56 Å². The molecule has 0 radical (unpaired) electrons. The zero-order valence-corrected chi connectivity index (χ0v) is 20.4. The van der Waals surface area contributed by atoms with E-state index in [2.05, 4.69) is 43.8 Å². The molecule has 1 saturated heterocycles. The van der Waals surface area contributed by atoms with E-state index in [4.69, 9.17) is 9.72 Å². The van der Waals surface area contributed by atoms with Gasteiger partial charge in [0.05, 0.1) is 24.6 Å². The van der Waals surface area contributed by atoms with E-state index in [1.54, 1.807) is 6.20 Å². The third kappa shape index (κ3) is 4.95. The van der Waals surface area contributed by atoms with E-state index in [0.717, 1.165) is 41.3 Å². The van der Waals surface area contributed by atoms with Gasteiger partial charge in [0.25, 0.3) is 0 Å². The number of nitrogens with one attached hydrogen (secondary N) is 2. The van der Waals surface area contributed by atoms with Gasteiger partial charge in [-0.25, -0.2) is 20.0 Å². The first-order chi connectivity index (χ1) is 18.3. The van der Waals surface area contributed by atoms with Crippen molar-refractivity contribution in [2.75, 3.05) is 36.6 Å². The highest BCUT2D eigenvalue weighted by molar-refractivity contribution is 5.96. The van der Waals surface area contributed by atoms with E-state index in [1.807, 2.05) is 66.7 Å². The van der Waals surface area contributed by atoms with E-state index in [9.17, 15) is 4.79 Å². The normalized spacial score (nSPS) is 17.2. The van der Waals surface area contributed by atoms with Crippen molar-refractivity contribution < 1.29 is 9.53 Å². The molecule has 3 aromatic carbocycles. The molecule has 0 bridgehead atoms. The van der Waals surface area contributed by atoms with Crippen LogP contribution in [0.25, 0.3) is 11.3 Å². The minimum absolute atomic E-state index is 0.0639. The molecule has 6 rings (SSSR count). The summed E-state index contributed by atoms with van der Waals surface area (Å²) in [5.41, 5.74) is 5.70. The molecule has 8 nitrogen and oxygen atoms in total. The van der Waals surface area contributed by atoms with Crippen LogP contribution in [-0.2, 0) is 16.1 Å². The maximum absolute atomic E-state index is 12.9. The summed E-state index contributed by atoms with van der Waals surface area (Å²) in [7, 11) is 0. The molecule has 2 aliphatic heterocycles. The molecular formula is C29H28N6O2. The molecule has 1 unspecified atom stereocenters. The number of ether oxygens (including phenoxy) is 1. The summed E-state index contributed by atoms with van der Waals surface area (Å²) in [4.78, 5) is 22.4. The number of morpholine rings is 1. The minimum atomic E-state index is -0.343. The number of carbonyl (C=O) groups excluding carboxylic acids is 1. The summed E-state index contributed by atoms with van der Waals surface area (Å²) in [6, 6.07) is 27.5. The third-order valence-electron chi connectivity index (χ3n) is 6.68.